The van der Waals surface area contributed by atoms with Gasteiger partial charge in [0.1, 0.15) is 6.07 Å². The Kier molecular flexibility index (Phi) is 4.18. The second-order valence-electron chi connectivity index (χ2n) is 4.28. The van der Waals surface area contributed by atoms with Crippen LogP contribution in [0.3, 0.4) is 0 Å². The molecule has 0 aliphatic rings. The maximum absolute atomic E-state index is 12.1. The Labute approximate surface area is 118 Å². The molecule has 2 aromatic rings. The maximum Gasteiger partial charge on any atom is 0.298 e. The van der Waals surface area contributed by atoms with E-state index in [1.165, 1.54) is 12.1 Å². The Morgan fingerprint density at radius 2 is 1.65 bits per heavy atom. The van der Waals surface area contributed by atoms with E-state index < -0.39 is 16.2 Å². The molecule has 0 aliphatic carbocycles. The van der Waals surface area contributed by atoms with Crippen LogP contribution in [0, 0.1) is 18.3 Å². The van der Waals surface area contributed by atoms with Gasteiger partial charge in [0.15, 0.2) is 6.10 Å². The van der Waals surface area contributed by atoms with Gasteiger partial charge in [0.25, 0.3) is 10.1 Å². The molecule has 0 heterocycles. The number of nitrogens with zero attached hydrogens (tertiary/aromatic N) is 1. The van der Waals surface area contributed by atoms with Crippen molar-refractivity contribution >= 4 is 10.1 Å². The van der Waals surface area contributed by atoms with Crippen molar-refractivity contribution in [2.45, 2.75) is 17.9 Å². The molecule has 0 radical (unpaired) electrons. The quantitative estimate of drug-likeness (QED) is 0.811. The molecular formula is C15H13NO3S. The van der Waals surface area contributed by atoms with Gasteiger partial charge in [-0.3, -0.25) is 0 Å². The first kappa shape index (κ1) is 14.3. The van der Waals surface area contributed by atoms with Crippen molar-refractivity contribution in [3.8, 4) is 6.07 Å². The van der Waals surface area contributed by atoms with E-state index in [1.54, 1.807) is 42.5 Å². The molecule has 0 fully saturated rings. The lowest BCUT2D eigenvalue weighted by molar-refractivity contribution is 0.268. The molecule has 4 nitrogen and oxygen atoms in total. The van der Waals surface area contributed by atoms with Gasteiger partial charge in [0.2, 0.25) is 0 Å². The molecule has 0 aliphatic heterocycles. The predicted octanol–water partition coefficient (Wildman–Crippen LogP) is 2.97. The normalized spacial score (nSPS) is 12.6. The minimum atomic E-state index is -3.96. The van der Waals surface area contributed by atoms with Crippen LogP contribution in [0.4, 0.5) is 0 Å². The lowest BCUT2D eigenvalue weighted by Gasteiger charge is -2.11. The Bertz CT molecular complexity index is 716. The average molecular weight is 287 g/mol. The fraction of sp³-hybridized carbons (Fsp3) is 0.133. The first-order valence-electron chi connectivity index (χ1n) is 5.97. The zero-order chi connectivity index (χ0) is 14.6. The molecule has 2 rings (SSSR count). The molecule has 2 aromatic carbocycles. The molecule has 0 bridgehead atoms. The zero-order valence-corrected chi connectivity index (χ0v) is 11.7. The van der Waals surface area contributed by atoms with Crippen LogP contribution >= 0.6 is 0 Å². The number of aryl methyl sites for hydroxylation is 1. The monoisotopic (exact) mass is 287 g/mol. The van der Waals surface area contributed by atoms with Gasteiger partial charge in [-0.15, -0.1) is 0 Å². The van der Waals surface area contributed by atoms with Crippen molar-refractivity contribution in [2.75, 3.05) is 0 Å². The maximum atomic E-state index is 12.1. The van der Waals surface area contributed by atoms with Gasteiger partial charge < -0.3 is 0 Å². The third kappa shape index (κ3) is 3.23. The third-order valence-electron chi connectivity index (χ3n) is 2.75. The van der Waals surface area contributed by atoms with Crippen LogP contribution in [0.2, 0.25) is 0 Å². The van der Waals surface area contributed by atoms with Crippen molar-refractivity contribution in [3.63, 3.8) is 0 Å². The molecular weight excluding hydrogens is 274 g/mol. The van der Waals surface area contributed by atoms with E-state index in [-0.39, 0.29) is 4.90 Å². The topological polar surface area (TPSA) is 67.2 Å². The van der Waals surface area contributed by atoms with Crippen LogP contribution in [0.5, 0.6) is 0 Å². The summed E-state index contributed by atoms with van der Waals surface area (Å²) in [6, 6.07) is 16.7. The van der Waals surface area contributed by atoms with Crippen LogP contribution < -0.4 is 0 Å². The van der Waals surface area contributed by atoms with E-state index >= 15 is 0 Å². The molecule has 102 valence electrons. The minimum absolute atomic E-state index is 0.0410. The third-order valence-corrected chi connectivity index (χ3v) is 4.05. The molecule has 0 saturated carbocycles. The fourth-order valence-electron chi connectivity index (χ4n) is 1.67. The van der Waals surface area contributed by atoms with Gasteiger partial charge in [-0.25, -0.2) is 4.18 Å². The SMILES string of the molecule is Cc1ccc(S(=O)(=O)OC(C#N)c2ccccc2)cc1. The van der Waals surface area contributed by atoms with Crippen molar-refractivity contribution in [1.82, 2.24) is 0 Å². The number of hydrogen-bond donors (Lipinski definition) is 0. The Balaban J connectivity index is 2.28. The van der Waals surface area contributed by atoms with E-state index in [4.69, 9.17) is 9.44 Å². The second kappa shape index (κ2) is 5.87. The van der Waals surface area contributed by atoms with Crippen molar-refractivity contribution in [1.29, 1.82) is 5.26 Å². The van der Waals surface area contributed by atoms with E-state index in [0.29, 0.717) is 5.56 Å². The molecule has 1 unspecified atom stereocenters. The Morgan fingerprint density at radius 1 is 1.05 bits per heavy atom. The summed E-state index contributed by atoms with van der Waals surface area (Å²) in [5, 5.41) is 9.09. The molecule has 0 saturated heterocycles. The van der Waals surface area contributed by atoms with Crippen molar-refractivity contribution < 1.29 is 12.6 Å². The first-order chi connectivity index (χ1) is 9.53. The molecule has 0 aromatic heterocycles. The van der Waals surface area contributed by atoms with Gasteiger partial charge in [-0.05, 0) is 24.6 Å². The number of benzene rings is 2. The van der Waals surface area contributed by atoms with Crippen LogP contribution in [0.25, 0.3) is 0 Å². The Morgan fingerprint density at radius 3 is 2.20 bits per heavy atom. The summed E-state index contributed by atoms with van der Waals surface area (Å²) in [7, 11) is -3.96. The second-order valence-corrected chi connectivity index (χ2v) is 5.86. The standard InChI is InChI=1S/C15H13NO3S/c1-12-7-9-14(10-8-12)20(17,18)19-15(11-16)13-5-3-2-4-6-13/h2-10,15H,1H3. The highest BCUT2D eigenvalue weighted by molar-refractivity contribution is 7.86. The summed E-state index contributed by atoms with van der Waals surface area (Å²) in [5.74, 6) is 0. The highest BCUT2D eigenvalue weighted by Crippen LogP contribution is 2.23. The number of hydrogen-bond acceptors (Lipinski definition) is 4. The fourth-order valence-corrected chi connectivity index (χ4v) is 2.65. The lowest BCUT2D eigenvalue weighted by atomic mass is 10.1. The molecule has 20 heavy (non-hydrogen) atoms. The summed E-state index contributed by atoms with van der Waals surface area (Å²) in [5.41, 5.74) is 1.45. The summed E-state index contributed by atoms with van der Waals surface area (Å²) in [4.78, 5) is 0.0410. The van der Waals surface area contributed by atoms with E-state index in [2.05, 4.69) is 0 Å². The summed E-state index contributed by atoms with van der Waals surface area (Å²) < 4.78 is 29.2. The molecule has 0 spiro atoms. The molecule has 5 heteroatoms. The number of rotatable bonds is 4. The Hall–Kier alpha value is -2.16. The minimum Gasteiger partial charge on any atom is -0.243 e. The summed E-state index contributed by atoms with van der Waals surface area (Å²) in [6.45, 7) is 1.86. The van der Waals surface area contributed by atoms with Gasteiger partial charge in [-0.2, -0.15) is 13.7 Å². The molecule has 1 atom stereocenters. The van der Waals surface area contributed by atoms with E-state index in [9.17, 15) is 8.42 Å². The first-order valence-corrected chi connectivity index (χ1v) is 7.38. The van der Waals surface area contributed by atoms with Crippen molar-refractivity contribution in [3.05, 3.63) is 65.7 Å². The average Bonchev–Trinajstić information content (AvgIpc) is 2.46. The van der Waals surface area contributed by atoms with Gasteiger partial charge in [-0.1, -0.05) is 48.0 Å². The highest BCUT2D eigenvalue weighted by atomic mass is 32.2. The lowest BCUT2D eigenvalue weighted by Crippen LogP contribution is -2.11. The summed E-state index contributed by atoms with van der Waals surface area (Å²) in [6.07, 6.45) is -1.15. The molecule has 0 N–H and O–H groups in total. The van der Waals surface area contributed by atoms with Crippen LogP contribution in [0.1, 0.15) is 17.2 Å². The van der Waals surface area contributed by atoms with Crippen LogP contribution in [0.15, 0.2) is 59.5 Å². The highest BCUT2D eigenvalue weighted by Gasteiger charge is 2.22. The zero-order valence-electron chi connectivity index (χ0n) is 10.9. The largest absolute Gasteiger partial charge is 0.298 e. The predicted molar refractivity (Wildman–Crippen MR) is 74.2 cm³/mol. The number of nitriles is 1. The molecule has 0 amide bonds. The smallest absolute Gasteiger partial charge is 0.243 e. The van der Waals surface area contributed by atoms with Gasteiger partial charge >= 0.3 is 0 Å². The van der Waals surface area contributed by atoms with Crippen LogP contribution in [-0.2, 0) is 14.3 Å². The van der Waals surface area contributed by atoms with Crippen molar-refractivity contribution in [2.24, 2.45) is 0 Å². The van der Waals surface area contributed by atoms with E-state index in [0.717, 1.165) is 5.56 Å². The van der Waals surface area contributed by atoms with Crippen LogP contribution in [-0.4, -0.2) is 8.42 Å². The summed E-state index contributed by atoms with van der Waals surface area (Å²) >= 11 is 0. The van der Waals surface area contributed by atoms with Gasteiger partial charge in [0, 0.05) is 0 Å². The van der Waals surface area contributed by atoms with Gasteiger partial charge in [0.05, 0.1) is 4.90 Å². The van der Waals surface area contributed by atoms with E-state index in [1.807, 2.05) is 13.0 Å².